The molecule has 1 fully saturated rings. The third-order valence-corrected chi connectivity index (χ3v) is 5.58. The highest BCUT2D eigenvalue weighted by atomic mass is 35.5. The number of nitrogens with zero attached hydrogens (tertiary/aromatic N) is 2. The lowest BCUT2D eigenvalue weighted by Crippen LogP contribution is -2.52. The Kier molecular flexibility index (Phi) is 5.17. The van der Waals surface area contributed by atoms with Crippen molar-refractivity contribution in [3.8, 4) is 16.9 Å². The summed E-state index contributed by atoms with van der Waals surface area (Å²) < 4.78 is 39.9. The minimum absolute atomic E-state index is 0.00341. The number of hydrogen-bond donors (Lipinski definition) is 1. The van der Waals surface area contributed by atoms with Crippen LogP contribution >= 0.6 is 11.6 Å². The van der Waals surface area contributed by atoms with Crippen LogP contribution in [0.5, 0.6) is 5.75 Å². The van der Waals surface area contributed by atoms with Gasteiger partial charge < -0.3 is 14.6 Å². The average Bonchev–Trinajstić information content (AvgIpc) is 2.55. The fourth-order valence-corrected chi connectivity index (χ4v) is 4.26. The first kappa shape index (κ1) is 20.0. The highest BCUT2D eigenvalue weighted by molar-refractivity contribution is 6.30. The van der Waals surface area contributed by atoms with E-state index < -0.39 is 28.2 Å². The Morgan fingerprint density at radius 2 is 1.96 bits per heavy atom. The normalized spacial score (nSPS) is 21.4. The number of phenols is 1. The molecule has 2 aromatic rings. The number of piperidine rings is 1. The summed E-state index contributed by atoms with van der Waals surface area (Å²) in [5.41, 5.74) is -1.39. The first-order valence-corrected chi connectivity index (χ1v) is 9.16. The van der Waals surface area contributed by atoms with Gasteiger partial charge >= 0.3 is 6.18 Å². The van der Waals surface area contributed by atoms with Gasteiger partial charge in [-0.1, -0.05) is 11.6 Å². The highest BCUT2D eigenvalue weighted by Gasteiger charge is 2.34. The van der Waals surface area contributed by atoms with Crippen molar-refractivity contribution in [1.29, 1.82) is 0 Å². The first-order chi connectivity index (χ1) is 12.5. The van der Waals surface area contributed by atoms with Gasteiger partial charge in [0.25, 0.3) is 5.56 Å². The van der Waals surface area contributed by atoms with Gasteiger partial charge in [0.2, 0.25) is 0 Å². The molecule has 0 spiro atoms. The van der Waals surface area contributed by atoms with Crippen molar-refractivity contribution in [2.45, 2.75) is 24.2 Å². The van der Waals surface area contributed by atoms with Crippen LogP contribution in [0.2, 0.25) is 5.02 Å². The molecule has 3 radical (unpaired) electrons. The van der Waals surface area contributed by atoms with Gasteiger partial charge in [-0.25, -0.2) is 0 Å². The van der Waals surface area contributed by atoms with Gasteiger partial charge in [-0.05, 0) is 50.7 Å². The van der Waals surface area contributed by atoms with Crippen molar-refractivity contribution < 1.29 is 18.3 Å². The number of hydrogen-bond acceptors (Lipinski definition) is 3. The highest BCUT2D eigenvalue weighted by Crippen LogP contribution is 2.36. The van der Waals surface area contributed by atoms with Crippen molar-refractivity contribution in [2.75, 3.05) is 20.1 Å². The molecule has 1 aromatic heterocycles. The lowest BCUT2D eigenvalue weighted by Gasteiger charge is -2.40. The molecule has 1 aliphatic heterocycles. The Hall–Kier alpha value is -1.77. The van der Waals surface area contributed by atoms with Gasteiger partial charge in [0.15, 0.2) is 0 Å². The minimum atomic E-state index is -4.59. The van der Waals surface area contributed by atoms with Crippen LogP contribution in [0.1, 0.15) is 18.4 Å². The maximum Gasteiger partial charge on any atom is 0.416 e. The third kappa shape index (κ3) is 3.92. The van der Waals surface area contributed by atoms with Crippen molar-refractivity contribution in [1.82, 2.24) is 9.47 Å². The van der Waals surface area contributed by atoms with Crippen LogP contribution in [0.15, 0.2) is 35.3 Å². The van der Waals surface area contributed by atoms with E-state index in [1.165, 1.54) is 16.8 Å². The van der Waals surface area contributed by atoms with E-state index in [0.29, 0.717) is 19.0 Å². The van der Waals surface area contributed by atoms with E-state index in [9.17, 15) is 23.1 Å². The molecule has 27 heavy (non-hydrogen) atoms. The number of rotatable bonds is 2. The molecular weight excluding hydrogens is 397 g/mol. The monoisotopic (exact) mass is 413 g/mol. The molecule has 0 bridgehead atoms. The number of likely N-dealkylation sites (tertiary alicyclic amines) is 1. The van der Waals surface area contributed by atoms with E-state index in [1.54, 1.807) is 0 Å². The zero-order valence-electron chi connectivity index (χ0n) is 14.5. The summed E-state index contributed by atoms with van der Waals surface area (Å²) in [6.07, 6.45) is -1.54. The molecular formula is C18H17ClF3N2O2Si. The van der Waals surface area contributed by atoms with E-state index in [2.05, 4.69) is 15.1 Å². The van der Waals surface area contributed by atoms with Gasteiger partial charge in [-0.2, -0.15) is 13.2 Å². The van der Waals surface area contributed by atoms with Crippen LogP contribution in [0.4, 0.5) is 13.2 Å². The molecule has 0 amide bonds. The Bertz CT molecular complexity index is 932. The maximum atomic E-state index is 13.1. The van der Waals surface area contributed by atoms with Gasteiger partial charge in [0.05, 0.1) is 26.4 Å². The number of alkyl halides is 3. The average molecular weight is 414 g/mol. The zero-order chi connectivity index (χ0) is 20.0. The Morgan fingerprint density at radius 1 is 1.26 bits per heavy atom. The number of benzene rings is 1. The predicted octanol–water partition coefficient (Wildman–Crippen LogP) is 3.44. The summed E-state index contributed by atoms with van der Waals surface area (Å²) in [6, 6.07) is 3.88. The number of aromatic hydroxyl groups is 1. The summed E-state index contributed by atoms with van der Waals surface area (Å²) in [5, 5.41) is 9.68. The summed E-state index contributed by atoms with van der Waals surface area (Å²) in [7, 11) is 5.64. The number of phenolic OH excluding ortho intramolecular Hbond substituents is 1. The quantitative estimate of drug-likeness (QED) is 0.767. The van der Waals surface area contributed by atoms with E-state index in [0.717, 1.165) is 25.1 Å². The molecule has 1 aliphatic rings. The van der Waals surface area contributed by atoms with Crippen LogP contribution in [0.25, 0.3) is 11.1 Å². The van der Waals surface area contributed by atoms with E-state index >= 15 is 0 Å². The first-order valence-electron chi connectivity index (χ1n) is 8.28. The number of halogens is 4. The summed E-state index contributed by atoms with van der Waals surface area (Å²) >= 11 is 6.19. The molecule has 3 rings (SSSR count). The molecule has 1 aromatic carbocycles. The van der Waals surface area contributed by atoms with Crippen LogP contribution in [0.3, 0.4) is 0 Å². The minimum Gasteiger partial charge on any atom is -0.507 e. The topological polar surface area (TPSA) is 45.5 Å². The molecule has 2 heterocycles. The Balaban J connectivity index is 2.13. The van der Waals surface area contributed by atoms with Gasteiger partial charge in [-0.15, -0.1) is 0 Å². The van der Waals surface area contributed by atoms with Crippen molar-refractivity contribution in [2.24, 2.45) is 0 Å². The molecule has 1 N–H and O–H groups in total. The van der Waals surface area contributed by atoms with Crippen LogP contribution in [0, 0.1) is 0 Å². The molecule has 0 unspecified atom stereocenters. The third-order valence-electron chi connectivity index (χ3n) is 4.72. The lowest BCUT2D eigenvalue weighted by atomic mass is 10.0. The number of pyridine rings is 1. The maximum absolute atomic E-state index is 13.1. The molecule has 4 nitrogen and oxygen atoms in total. The van der Waals surface area contributed by atoms with Crippen molar-refractivity contribution in [3.05, 3.63) is 51.4 Å². The fourth-order valence-electron chi connectivity index (χ4n) is 3.44. The van der Waals surface area contributed by atoms with Crippen molar-refractivity contribution in [3.63, 3.8) is 0 Å². The van der Waals surface area contributed by atoms with Crippen molar-refractivity contribution >= 4 is 21.8 Å². The SMILES string of the molecule is CN1CCC[C@@]([Si])(n2cc(Cl)cc(-c3ccc(C(F)(F)F)cc3O)c2=O)C1. The van der Waals surface area contributed by atoms with E-state index in [-0.39, 0.29) is 16.1 Å². The zero-order valence-corrected chi connectivity index (χ0v) is 16.2. The van der Waals surface area contributed by atoms with Crippen LogP contribution in [-0.2, 0) is 11.3 Å². The fraction of sp³-hybridized carbons (Fsp3) is 0.389. The summed E-state index contributed by atoms with van der Waals surface area (Å²) in [4.78, 5) is 15.2. The second kappa shape index (κ2) is 6.99. The molecule has 0 aliphatic carbocycles. The predicted molar refractivity (Wildman–Crippen MR) is 98.3 cm³/mol. The molecule has 0 saturated carbocycles. The number of aromatic nitrogens is 1. The lowest BCUT2D eigenvalue weighted by molar-refractivity contribution is -0.137. The Morgan fingerprint density at radius 3 is 2.56 bits per heavy atom. The van der Waals surface area contributed by atoms with E-state index in [1.807, 2.05) is 7.05 Å². The Labute approximate surface area is 162 Å². The smallest absolute Gasteiger partial charge is 0.416 e. The molecule has 143 valence electrons. The molecule has 1 atom stereocenters. The summed E-state index contributed by atoms with van der Waals surface area (Å²) in [6.45, 7) is 1.46. The second-order valence-electron chi connectivity index (χ2n) is 6.85. The van der Waals surface area contributed by atoms with Gasteiger partial charge in [-0.3, -0.25) is 4.79 Å². The van der Waals surface area contributed by atoms with Crippen LogP contribution in [-0.4, -0.2) is 45.0 Å². The number of likely N-dealkylation sites (N-methyl/N-ethyl adjacent to an activating group) is 1. The molecule has 9 heteroatoms. The van der Waals surface area contributed by atoms with E-state index in [4.69, 9.17) is 11.6 Å². The van der Waals surface area contributed by atoms with Gasteiger partial charge in [0.1, 0.15) is 5.75 Å². The second-order valence-corrected chi connectivity index (χ2v) is 8.22. The van der Waals surface area contributed by atoms with Gasteiger partial charge in [0, 0.05) is 23.5 Å². The standard InChI is InChI=1S/C18H17ClF3N2O2Si/c1-23-6-2-5-17(27,10-23)24-9-12(19)8-14(16(24)26)13-4-3-11(7-15(13)25)18(20,21)22/h3-4,7-9,25H,2,5-6,10H2,1H3/t17-/m0/s1. The molecule has 1 saturated heterocycles. The summed E-state index contributed by atoms with van der Waals surface area (Å²) in [5.74, 6) is -0.625. The largest absolute Gasteiger partial charge is 0.507 e. The van der Waals surface area contributed by atoms with Crippen LogP contribution < -0.4 is 5.56 Å².